The van der Waals surface area contributed by atoms with Gasteiger partial charge in [-0.2, -0.15) is 15.5 Å². The summed E-state index contributed by atoms with van der Waals surface area (Å²) in [5.41, 5.74) is 1.23. The lowest BCUT2D eigenvalue weighted by Crippen LogP contribution is -2.26. The molecule has 0 aliphatic carbocycles. The number of anilines is 1. The maximum atomic E-state index is 12.2. The van der Waals surface area contributed by atoms with Gasteiger partial charge in [0.25, 0.3) is 0 Å². The van der Waals surface area contributed by atoms with E-state index in [4.69, 9.17) is 5.26 Å². The second-order valence-corrected chi connectivity index (χ2v) is 4.22. The molecule has 2 heterocycles. The number of hydrogen-bond acceptors (Lipinski definition) is 4. The van der Waals surface area contributed by atoms with Gasteiger partial charge >= 0.3 is 0 Å². The van der Waals surface area contributed by atoms with Gasteiger partial charge in [0.1, 0.15) is 23.5 Å². The summed E-state index contributed by atoms with van der Waals surface area (Å²) >= 11 is 0. The minimum atomic E-state index is -0.462. The Morgan fingerprint density at radius 1 is 1.53 bits per heavy atom. The van der Waals surface area contributed by atoms with E-state index in [1.807, 2.05) is 19.1 Å². The summed E-state index contributed by atoms with van der Waals surface area (Å²) in [5, 5.41) is 19.7. The summed E-state index contributed by atoms with van der Waals surface area (Å²) in [7, 11) is 1.67. The SMILES string of the molecule is Cc1ccnn1C(C)C(=O)Nc1c(C#N)cnn1C. The monoisotopic (exact) mass is 258 g/mol. The zero-order chi connectivity index (χ0) is 14.0. The van der Waals surface area contributed by atoms with Crippen molar-refractivity contribution < 1.29 is 4.79 Å². The molecule has 1 unspecified atom stereocenters. The highest BCUT2D eigenvalue weighted by Crippen LogP contribution is 2.16. The molecule has 0 radical (unpaired) electrons. The summed E-state index contributed by atoms with van der Waals surface area (Å²) < 4.78 is 3.08. The molecule has 0 spiro atoms. The molecule has 2 rings (SSSR count). The molecular weight excluding hydrogens is 244 g/mol. The number of aryl methyl sites for hydroxylation is 2. The smallest absolute Gasteiger partial charge is 0.250 e. The normalized spacial score (nSPS) is 11.9. The fourth-order valence-electron chi connectivity index (χ4n) is 1.79. The topological polar surface area (TPSA) is 88.5 Å². The highest BCUT2D eigenvalue weighted by Gasteiger charge is 2.19. The van der Waals surface area contributed by atoms with Crippen LogP contribution < -0.4 is 5.32 Å². The number of nitrogens with zero attached hydrogens (tertiary/aromatic N) is 5. The van der Waals surface area contributed by atoms with Crippen molar-refractivity contribution in [1.82, 2.24) is 19.6 Å². The van der Waals surface area contributed by atoms with Crippen LogP contribution in [-0.2, 0) is 11.8 Å². The molecule has 1 N–H and O–H groups in total. The van der Waals surface area contributed by atoms with Crippen LogP contribution in [-0.4, -0.2) is 25.5 Å². The van der Waals surface area contributed by atoms with Crippen molar-refractivity contribution in [2.45, 2.75) is 19.9 Å². The first kappa shape index (κ1) is 12.8. The zero-order valence-corrected chi connectivity index (χ0v) is 11.0. The van der Waals surface area contributed by atoms with E-state index in [2.05, 4.69) is 15.5 Å². The van der Waals surface area contributed by atoms with E-state index < -0.39 is 6.04 Å². The summed E-state index contributed by atoms with van der Waals surface area (Å²) in [5.74, 6) is 0.149. The Hall–Kier alpha value is -2.62. The van der Waals surface area contributed by atoms with Crippen molar-refractivity contribution in [2.75, 3.05) is 5.32 Å². The number of nitrogens with one attached hydrogen (secondary N) is 1. The molecule has 0 fully saturated rings. The summed E-state index contributed by atoms with van der Waals surface area (Å²) in [4.78, 5) is 12.2. The van der Waals surface area contributed by atoms with Gasteiger partial charge in [0.15, 0.2) is 0 Å². The molecule has 0 aromatic carbocycles. The second-order valence-electron chi connectivity index (χ2n) is 4.22. The fourth-order valence-corrected chi connectivity index (χ4v) is 1.79. The Bertz CT molecular complexity index is 647. The first-order valence-corrected chi connectivity index (χ1v) is 5.77. The number of aromatic nitrogens is 4. The van der Waals surface area contributed by atoms with Gasteiger partial charge in [-0.3, -0.25) is 14.2 Å². The molecule has 0 aliphatic rings. The lowest BCUT2D eigenvalue weighted by Gasteiger charge is -2.14. The molecule has 7 nitrogen and oxygen atoms in total. The Morgan fingerprint density at radius 3 is 2.84 bits per heavy atom. The summed E-state index contributed by atoms with van der Waals surface area (Å²) in [6.45, 7) is 3.62. The summed E-state index contributed by atoms with van der Waals surface area (Å²) in [6, 6.07) is 3.35. The van der Waals surface area contributed by atoms with E-state index in [1.165, 1.54) is 10.9 Å². The first-order chi connectivity index (χ1) is 9.04. The molecule has 0 saturated carbocycles. The molecule has 7 heteroatoms. The van der Waals surface area contributed by atoms with Gasteiger partial charge in [-0.1, -0.05) is 0 Å². The lowest BCUT2D eigenvalue weighted by atomic mass is 10.3. The number of hydrogen-bond donors (Lipinski definition) is 1. The number of carbonyl (C=O) groups is 1. The number of nitriles is 1. The van der Waals surface area contributed by atoms with Crippen LogP contribution in [0.2, 0.25) is 0 Å². The van der Waals surface area contributed by atoms with Crippen LogP contribution >= 0.6 is 0 Å². The maximum Gasteiger partial charge on any atom is 0.250 e. The quantitative estimate of drug-likeness (QED) is 0.889. The van der Waals surface area contributed by atoms with Crippen LogP contribution in [0.4, 0.5) is 5.82 Å². The van der Waals surface area contributed by atoms with Crippen molar-refractivity contribution in [3.05, 3.63) is 29.7 Å². The fraction of sp³-hybridized carbons (Fsp3) is 0.333. The standard InChI is InChI=1S/C12H14N6O/c1-8-4-5-14-18(8)9(2)12(19)16-11-10(6-13)7-15-17(11)3/h4-5,7,9H,1-3H3,(H,16,19). The van der Waals surface area contributed by atoms with Crippen LogP contribution in [0.1, 0.15) is 24.2 Å². The van der Waals surface area contributed by atoms with Gasteiger partial charge in [0, 0.05) is 18.9 Å². The van der Waals surface area contributed by atoms with E-state index in [0.717, 1.165) is 5.69 Å². The van der Waals surface area contributed by atoms with E-state index in [9.17, 15) is 4.79 Å². The molecule has 2 aromatic rings. The average molecular weight is 258 g/mol. The van der Waals surface area contributed by atoms with Crippen LogP contribution in [0, 0.1) is 18.3 Å². The molecule has 1 amide bonds. The van der Waals surface area contributed by atoms with Crippen molar-refractivity contribution >= 4 is 11.7 Å². The Kier molecular flexibility index (Phi) is 3.33. The summed E-state index contributed by atoms with van der Waals surface area (Å²) in [6.07, 6.45) is 3.06. The van der Waals surface area contributed by atoms with E-state index in [0.29, 0.717) is 11.4 Å². The first-order valence-electron chi connectivity index (χ1n) is 5.77. The van der Waals surface area contributed by atoms with Crippen molar-refractivity contribution in [3.8, 4) is 6.07 Å². The Labute approximate surface area is 110 Å². The second kappa shape index (κ2) is 4.94. The van der Waals surface area contributed by atoms with Crippen molar-refractivity contribution in [2.24, 2.45) is 7.05 Å². The lowest BCUT2D eigenvalue weighted by molar-refractivity contribution is -0.119. The molecular formula is C12H14N6O. The van der Waals surface area contributed by atoms with Crippen LogP contribution in [0.25, 0.3) is 0 Å². The third-order valence-corrected chi connectivity index (χ3v) is 2.92. The molecule has 0 saturated heterocycles. The van der Waals surface area contributed by atoms with E-state index in [-0.39, 0.29) is 5.91 Å². The van der Waals surface area contributed by atoms with Crippen LogP contribution in [0.15, 0.2) is 18.5 Å². The predicted molar refractivity (Wildman–Crippen MR) is 68.2 cm³/mol. The van der Waals surface area contributed by atoms with Crippen molar-refractivity contribution in [1.29, 1.82) is 5.26 Å². The molecule has 0 aliphatic heterocycles. The van der Waals surface area contributed by atoms with E-state index >= 15 is 0 Å². The molecule has 0 bridgehead atoms. The molecule has 98 valence electrons. The highest BCUT2D eigenvalue weighted by molar-refractivity contribution is 5.93. The number of carbonyl (C=O) groups excluding carboxylic acids is 1. The molecule has 1 atom stereocenters. The van der Waals surface area contributed by atoms with Gasteiger partial charge in [0.2, 0.25) is 5.91 Å². The maximum absolute atomic E-state index is 12.2. The number of rotatable bonds is 3. The minimum absolute atomic E-state index is 0.244. The minimum Gasteiger partial charge on any atom is -0.308 e. The predicted octanol–water partition coefficient (Wildman–Crippen LogP) is 0.996. The van der Waals surface area contributed by atoms with E-state index in [1.54, 1.807) is 24.9 Å². The highest BCUT2D eigenvalue weighted by atomic mass is 16.2. The largest absolute Gasteiger partial charge is 0.308 e. The van der Waals surface area contributed by atoms with Gasteiger partial charge in [-0.15, -0.1) is 0 Å². The molecule has 2 aromatic heterocycles. The average Bonchev–Trinajstić information content (AvgIpc) is 2.96. The van der Waals surface area contributed by atoms with Crippen LogP contribution in [0.3, 0.4) is 0 Å². The Balaban J connectivity index is 2.20. The van der Waals surface area contributed by atoms with Gasteiger partial charge in [0.05, 0.1) is 6.20 Å². The van der Waals surface area contributed by atoms with Crippen molar-refractivity contribution in [3.63, 3.8) is 0 Å². The van der Waals surface area contributed by atoms with Gasteiger partial charge in [-0.25, -0.2) is 0 Å². The van der Waals surface area contributed by atoms with Gasteiger partial charge in [-0.05, 0) is 19.9 Å². The third-order valence-electron chi connectivity index (χ3n) is 2.92. The number of amides is 1. The van der Waals surface area contributed by atoms with Crippen LogP contribution in [0.5, 0.6) is 0 Å². The molecule has 19 heavy (non-hydrogen) atoms. The zero-order valence-electron chi connectivity index (χ0n) is 11.0. The Morgan fingerprint density at radius 2 is 2.26 bits per heavy atom. The van der Waals surface area contributed by atoms with Gasteiger partial charge < -0.3 is 5.32 Å². The third kappa shape index (κ3) is 2.33.